The van der Waals surface area contributed by atoms with Gasteiger partial charge in [0, 0.05) is 16.6 Å². The highest BCUT2D eigenvalue weighted by molar-refractivity contribution is 5.92. The van der Waals surface area contributed by atoms with E-state index in [1.165, 1.54) is 0 Å². The summed E-state index contributed by atoms with van der Waals surface area (Å²) >= 11 is 0. The van der Waals surface area contributed by atoms with Crippen molar-refractivity contribution < 1.29 is 19.1 Å². The fourth-order valence-corrected chi connectivity index (χ4v) is 5.71. The van der Waals surface area contributed by atoms with E-state index >= 15 is 0 Å². The third-order valence-electron chi connectivity index (χ3n) is 7.37. The monoisotopic (exact) mass is 330 g/mol. The highest BCUT2D eigenvalue weighted by atomic mass is 16.5. The minimum Gasteiger partial charge on any atom is -0.461 e. The van der Waals surface area contributed by atoms with Crippen LogP contribution in [0.25, 0.3) is 0 Å². The van der Waals surface area contributed by atoms with Crippen molar-refractivity contribution >= 4 is 11.9 Å². The fourth-order valence-electron chi connectivity index (χ4n) is 5.71. The van der Waals surface area contributed by atoms with Gasteiger partial charge in [-0.1, -0.05) is 19.9 Å². The molecule has 0 unspecified atom stereocenters. The van der Waals surface area contributed by atoms with Gasteiger partial charge in [-0.3, -0.25) is 0 Å². The topological polar surface area (TPSA) is 52.6 Å². The van der Waals surface area contributed by atoms with Crippen LogP contribution in [0.15, 0.2) is 23.3 Å². The van der Waals surface area contributed by atoms with Crippen LogP contribution >= 0.6 is 0 Å². The molecule has 0 aromatic rings. The maximum atomic E-state index is 12.2. The third-order valence-corrected chi connectivity index (χ3v) is 7.37. The summed E-state index contributed by atoms with van der Waals surface area (Å²) in [5, 5.41) is 0. The van der Waals surface area contributed by atoms with Crippen molar-refractivity contribution in [3.8, 4) is 0 Å². The van der Waals surface area contributed by atoms with Crippen molar-refractivity contribution in [1.29, 1.82) is 0 Å². The van der Waals surface area contributed by atoms with Gasteiger partial charge < -0.3 is 9.47 Å². The quantitative estimate of drug-likeness (QED) is 0.742. The molecule has 4 atom stereocenters. The standard InChI is InChI=1S/C20H26O4/c1-13-6-10-20-12-24-18(22)15(20)4-3-5-16(20)19(13,2)9-7-14-8-11-23-17(14)21/h4,8,13,16H,3,5-7,9-12H2,1-2H3/t13-,16-,19+,20-/m1/s1. The number of hydrogen-bond donors (Lipinski definition) is 0. The molecule has 0 N–H and O–H groups in total. The van der Waals surface area contributed by atoms with E-state index in [1.54, 1.807) is 0 Å². The van der Waals surface area contributed by atoms with E-state index in [1.807, 2.05) is 6.08 Å². The average molecular weight is 330 g/mol. The van der Waals surface area contributed by atoms with Gasteiger partial charge in [0.25, 0.3) is 0 Å². The van der Waals surface area contributed by atoms with Crippen molar-refractivity contribution in [2.45, 2.75) is 52.4 Å². The Morgan fingerprint density at radius 3 is 2.75 bits per heavy atom. The first-order chi connectivity index (χ1) is 11.5. The third kappa shape index (κ3) is 2.11. The molecule has 4 rings (SSSR count). The van der Waals surface area contributed by atoms with E-state index in [-0.39, 0.29) is 22.8 Å². The van der Waals surface area contributed by atoms with Gasteiger partial charge in [0.05, 0.1) is 0 Å². The number of carbonyl (C=O) groups is 2. The maximum Gasteiger partial charge on any atom is 0.334 e. The zero-order valence-corrected chi connectivity index (χ0v) is 14.6. The smallest absolute Gasteiger partial charge is 0.334 e. The normalized spacial score (nSPS) is 41.1. The van der Waals surface area contributed by atoms with Crippen LogP contribution in [0.5, 0.6) is 0 Å². The zero-order valence-electron chi connectivity index (χ0n) is 14.6. The Kier molecular flexibility index (Phi) is 3.63. The molecule has 1 saturated carbocycles. The van der Waals surface area contributed by atoms with Gasteiger partial charge >= 0.3 is 11.9 Å². The van der Waals surface area contributed by atoms with E-state index in [4.69, 9.17) is 9.47 Å². The molecular weight excluding hydrogens is 304 g/mol. The molecular formula is C20H26O4. The van der Waals surface area contributed by atoms with Gasteiger partial charge in [-0.15, -0.1) is 0 Å². The number of allylic oxidation sites excluding steroid dienone is 1. The van der Waals surface area contributed by atoms with Crippen molar-refractivity contribution in [3.05, 3.63) is 23.3 Å². The second-order valence-corrected chi connectivity index (χ2v) is 8.25. The summed E-state index contributed by atoms with van der Waals surface area (Å²) in [4.78, 5) is 24.0. The van der Waals surface area contributed by atoms with E-state index < -0.39 is 0 Å². The number of rotatable bonds is 3. The number of hydrogen-bond acceptors (Lipinski definition) is 4. The molecule has 2 heterocycles. The Bertz CT molecular complexity index is 646. The summed E-state index contributed by atoms with van der Waals surface area (Å²) in [6.45, 7) is 5.68. The average Bonchev–Trinajstić information content (AvgIpc) is 3.13. The Morgan fingerprint density at radius 1 is 1.17 bits per heavy atom. The van der Waals surface area contributed by atoms with Crippen LogP contribution < -0.4 is 0 Å². The lowest BCUT2D eigenvalue weighted by Gasteiger charge is -2.56. The van der Waals surface area contributed by atoms with Gasteiger partial charge in [-0.25, -0.2) is 9.59 Å². The van der Waals surface area contributed by atoms with E-state index in [9.17, 15) is 9.59 Å². The summed E-state index contributed by atoms with van der Waals surface area (Å²) in [5.41, 5.74) is 1.81. The Labute approximate surface area is 143 Å². The largest absolute Gasteiger partial charge is 0.461 e. The molecule has 0 amide bonds. The molecule has 1 spiro atoms. The molecule has 24 heavy (non-hydrogen) atoms. The minimum absolute atomic E-state index is 0.0822. The van der Waals surface area contributed by atoms with Gasteiger partial charge in [0.1, 0.15) is 13.2 Å². The second-order valence-electron chi connectivity index (χ2n) is 8.25. The molecule has 0 bridgehead atoms. The van der Waals surface area contributed by atoms with E-state index in [0.717, 1.165) is 49.7 Å². The fraction of sp³-hybridized carbons (Fsp3) is 0.700. The lowest BCUT2D eigenvalue weighted by molar-refractivity contribution is -0.137. The van der Waals surface area contributed by atoms with Crippen LogP contribution in [0.3, 0.4) is 0 Å². The van der Waals surface area contributed by atoms with Gasteiger partial charge in [0.2, 0.25) is 0 Å². The van der Waals surface area contributed by atoms with Gasteiger partial charge in [0.15, 0.2) is 0 Å². The molecule has 2 aliphatic carbocycles. The minimum atomic E-state index is -0.152. The zero-order chi connectivity index (χ0) is 16.9. The summed E-state index contributed by atoms with van der Waals surface area (Å²) in [7, 11) is 0. The van der Waals surface area contributed by atoms with Crippen LogP contribution in [-0.2, 0) is 19.1 Å². The molecule has 1 saturated heterocycles. The van der Waals surface area contributed by atoms with Crippen molar-refractivity contribution in [1.82, 2.24) is 0 Å². The Morgan fingerprint density at radius 2 is 2.00 bits per heavy atom. The van der Waals surface area contributed by atoms with Crippen molar-refractivity contribution in [2.24, 2.45) is 22.7 Å². The van der Waals surface area contributed by atoms with Crippen molar-refractivity contribution in [3.63, 3.8) is 0 Å². The summed E-state index contributed by atoms with van der Waals surface area (Å²) in [5.74, 6) is 0.790. The predicted molar refractivity (Wildman–Crippen MR) is 89.0 cm³/mol. The first kappa shape index (κ1) is 15.9. The van der Waals surface area contributed by atoms with Gasteiger partial charge in [-0.2, -0.15) is 0 Å². The highest BCUT2D eigenvalue weighted by Gasteiger charge is 2.60. The summed E-state index contributed by atoms with van der Waals surface area (Å²) < 4.78 is 10.5. The molecule has 130 valence electrons. The van der Waals surface area contributed by atoms with Crippen molar-refractivity contribution in [2.75, 3.05) is 13.2 Å². The molecule has 2 fully saturated rings. The van der Waals surface area contributed by atoms with Crippen LogP contribution in [-0.4, -0.2) is 25.2 Å². The first-order valence-electron chi connectivity index (χ1n) is 9.21. The Hall–Kier alpha value is -1.58. The Balaban J connectivity index is 1.63. The SMILES string of the molecule is C[C@@H]1CC[C@@]23COC(=O)C2=CCC[C@@H]3[C@@]1(C)CCC1=CCOC1=O. The molecule has 4 heteroatoms. The maximum absolute atomic E-state index is 12.2. The second kappa shape index (κ2) is 5.47. The first-order valence-corrected chi connectivity index (χ1v) is 9.21. The molecule has 4 nitrogen and oxygen atoms in total. The molecule has 4 aliphatic rings. The van der Waals surface area contributed by atoms with Crippen LogP contribution in [0, 0.1) is 22.7 Å². The van der Waals surface area contributed by atoms with E-state index in [2.05, 4.69) is 19.9 Å². The molecule has 0 aromatic heterocycles. The van der Waals surface area contributed by atoms with Crippen LogP contribution in [0.1, 0.15) is 52.4 Å². The highest BCUT2D eigenvalue weighted by Crippen LogP contribution is 2.63. The molecule has 2 aliphatic heterocycles. The lowest BCUT2D eigenvalue weighted by atomic mass is 9.47. The number of carbonyl (C=O) groups excluding carboxylic acids is 2. The molecule has 0 radical (unpaired) electrons. The van der Waals surface area contributed by atoms with Crippen LogP contribution in [0.4, 0.5) is 0 Å². The van der Waals surface area contributed by atoms with Crippen LogP contribution in [0.2, 0.25) is 0 Å². The number of ether oxygens (including phenoxy) is 2. The van der Waals surface area contributed by atoms with E-state index in [0.29, 0.717) is 25.0 Å². The number of cyclic esters (lactones) is 2. The predicted octanol–water partition coefficient (Wildman–Crippen LogP) is 3.57. The number of esters is 2. The summed E-state index contributed by atoms with van der Waals surface area (Å²) in [6.07, 6.45) is 10.0. The molecule has 0 aromatic carbocycles. The lowest BCUT2D eigenvalue weighted by Crippen LogP contribution is -2.51. The summed E-state index contributed by atoms with van der Waals surface area (Å²) in [6, 6.07) is 0. The van der Waals surface area contributed by atoms with Gasteiger partial charge in [-0.05, 0) is 61.9 Å².